The smallest absolute Gasteiger partial charge is 0.276 e. The average Bonchev–Trinajstić information content (AvgIpc) is 3.00. The van der Waals surface area contributed by atoms with Crippen LogP contribution in [0.15, 0.2) is 54.0 Å². The van der Waals surface area contributed by atoms with E-state index in [-0.39, 0.29) is 11.6 Å². The quantitative estimate of drug-likeness (QED) is 0.778. The first-order valence-electron chi connectivity index (χ1n) is 6.20. The molecule has 2 aromatic heterocycles. The first-order valence-corrected chi connectivity index (χ1v) is 7.08. The van der Waals surface area contributed by atoms with E-state index in [0.29, 0.717) is 5.69 Å². The highest BCUT2D eigenvalue weighted by atomic mass is 32.1. The Morgan fingerprint density at radius 2 is 1.95 bits per heavy atom. The van der Waals surface area contributed by atoms with Gasteiger partial charge in [-0.15, -0.1) is 11.3 Å². The number of hydrogen-bond donors (Lipinski definition) is 2. The second-order valence-electron chi connectivity index (χ2n) is 4.23. The summed E-state index contributed by atoms with van der Waals surface area (Å²) in [5.41, 5.74) is 1.26. The predicted molar refractivity (Wildman–Crippen MR) is 81.4 cm³/mol. The molecule has 6 heteroatoms. The molecule has 0 aliphatic carbocycles. The molecule has 0 fully saturated rings. The van der Waals surface area contributed by atoms with Crippen LogP contribution in [0.2, 0.25) is 0 Å². The Morgan fingerprint density at radius 3 is 2.71 bits per heavy atom. The number of benzene rings is 1. The topological polar surface area (TPSA) is 75.1 Å². The van der Waals surface area contributed by atoms with Gasteiger partial charge >= 0.3 is 0 Å². The number of hydrogen-bond acceptors (Lipinski definition) is 5. The van der Waals surface area contributed by atoms with E-state index in [2.05, 4.69) is 15.3 Å². The molecular formula is C15H11N3O2S. The highest BCUT2D eigenvalue weighted by molar-refractivity contribution is 7.13. The number of nitrogens with zero attached hydrogens (tertiary/aromatic N) is 2. The molecule has 3 rings (SSSR count). The average molecular weight is 297 g/mol. The first kappa shape index (κ1) is 13.3. The van der Waals surface area contributed by atoms with Crippen molar-refractivity contribution in [3.63, 3.8) is 0 Å². The van der Waals surface area contributed by atoms with Gasteiger partial charge in [-0.25, -0.2) is 9.97 Å². The molecule has 0 radical (unpaired) electrons. The summed E-state index contributed by atoms with van der Waals surface area (Å²) in [6, 6.07) is 12.7. The number of pyridine rings is 1. The lowest BCUT2D eigenvalue weighted by Crippen LogP contribution is -2.13. The standard InChI is InChI=1S/C15H11N3O2S/c19-12-7-4-8-16-13(12)18-14(20)11-9-21-15(17-11)10-5-2-1-3-6-10/h1-9,19H,(H,16,18,20). The molecule has 0 aliphatic heterocycles. The summed E-state index contributed by atoms with van der Waals surface area (Å²) in [6.07, 6.45) is 1.49. The van der Waals surface area contributed by atoms with Crippen LogP contribution >= 0.6 is 11.3 Å². The van der Waals surface area contributed by atoms with Crippen molar-refractivity contribution in [2.24, 2.45) is 0 Å². The Kier molecular flexibility index (Phi) is 3.61. The third-order valence-electron chi connectivity index (χ3n) is 2.78. The molecule has 104 valence electrons. The van der Waals surface area contributed by atoms with Crippen LogP contribution in [-0.4, -0.2) is 21.0 Å². The number of thiazole rings is 1. The molecule has 5 nitrogen and oxygen atoms in total. The van der Waals surface area contributed by atoms with E-state index in [4.69, 9.17) is 0 Å². The van der Waals surface area contributed by atoms with E-state index >= 15 is 0 Å². The fourth-order valence-electron chi connectivity index (χ4n) is 1.76. The molecule has 2 N–H and O–H groups in total. The number of carbonyl (C=O) groups excluding carboxylic acids is 1. The maximum absolute atomic E-state index is 12.1. The number of carbonyl (C=O) groups is 1. The minimum atomic E-state index is -0.401. The van der Waals surface area contributed by atoms with Crippen molar-refractivity contribution in [1.82, 2.24) is 9.97 Å². The molecule has 0 aliphatic rings. The third kappa shape index (κ3) is 2.90. The third-order valence-corrected chi connectivity index (χ3v) is 3.67. The molecule has 0 saturated heterocycles. The lowest BCUT2D eigenvalue weighted by atomic mass is 10.2. The van der Waals surface area contributed by atoms with Crippen LogP contribution in [0.3, 0.4) is 0 Å². The number of nitrogens with one attached hydrogen (secondary N) is 1. The van der Waals surface area contributed by atoms with Gasteiger partial charge in [0.1, 0.15) is 10.7 Å². The van der Waals surface area contributed by atoms with E-state index in [1.807, 2.05) is 30.3 Å². The SMILES string of the molecule is O=C(Nc1ncccc1O)c1csc(-c2ccccc2)n1. The Hall–Kier alpha value is -2.73. The Bertz CT molecular complexity index is 771. The normalized spacial score (nSPS) is 10.3. The van der Waals surface area contributed by atoms with E-state index in [1.165, 1.54) is 23.6 Å². The minimum Gasteiger partial charge on any atom is -0.504 e. The zero-order valence-corrected chi connectivity index (χ0v) is 11.7. The summed E-state index contributed by atoms with van der Waals surface area (Å²) >= 11 is 1.39. The monoisotopic (exact) mass is 297 g/mol. The number of amides is 1. The van der Waals surface area contributed by atoms with Gasteiger partial charge in [-0.2, -0.15) is 0 Å². The maximum atomic E-state index is 12.1. The van der Waals surface area contributed by atoms with Gasteiger partial charge in [0.25, 0.3) is 5.91 Å². The molecule has 0 saturated carbocycles. The molecule has 0 atom stereocenters. The maximum Gasteiger partial charge on any atom is 0.276 e. The van der Waals surface area contributed by atoms with Gasteiger partial charge < -0.3 is 10.4 Å². The van der Waals surface area contributed by atoms with Crippen LogP contribution in [0, 0.1) is 0 Å². The van der Waals surface area contributed by atoms with Crippen molar-refractivity contribution in [2.45, 2.75) is 0 Å². The number of rotatable bonds is 3. The van der Waals surface area contributed by atoms with E-state index in [0.717, 1.165) is 10.6 Å². The van der Waals surface area contributed by atoms with Crippen LogP contribution in [-0.2, 0) is 0 Å². The minimum absolute atomic E-state index is 0.0793. The zero-order valence-electron chi connectivity index (χ0n) is 10.9. The van der Waals surface area contributed by atoms with Crippen LogP contribution < -0.4 is 5.32 Å². The fourth-order valence-corrected chi connectivity index (χ4v) is 2.56. The van der Waals surface area contributed by atoms with Gasteiger partial charge in [0.05, 0.1) is 0 Å². The summed E-state index contributed by atoms with van der Waals surface area (Å²) in [5, 5.41) is 14.6. The van der Waals surface area contributed by atoms with Crippen LogP contribution in [0.5, 0.6) is 5.75 Å². The molecule has 0 spiro atoms. The molecule has 21 heavy (non-hydrogen) atoms. The van der Waals surface area contributed by atoms with Crippen molar-refractivity contribution >= 4 is 23.1 Å². The summed E-state index contributed by atoms with van der Waals surface area (Å²) in [6.45, 7) is 0. The van der Waals surface area contributed by atoms with Gasteiger partial charge in [0.15, 0.2) is 11.6 Å². The molecule has 1 amide bonds. The summed E-state index contributed by atoms with van der Waals surface area (Å²) in [7, 11) is 0. The second-order valence-corrected chi connectivity index (χ2v) is 5.09. The van der Waals surface area contributed by atoms with Crippen molar-refractivity contribution in [3.05, 3.63) is 59.7 Å². The van der Waals surface area contributed by atoms with Crippen LogP contribution in [0.25, 0.3) is 10.6 Å². The van der Waals surface area contributed by atoms with Gasteiger partial charge in [-0.1, -0.05) is 30.3 Å². The van der Waals surface area contributed by atoms with Crippen molar-refractivity contribution < 1.29 is 9.90 Å². The molecule has 2 heterocycles. The summed E-state index contributed by atoms with van der Waals surface area (Å²) < 4.78 is 0. The van der Waals surface area contributed by atoms with E-state index < -0.39 is 5.91 Å². The summed E-state index contributed by atoms with van der Waals surface area (Å²) in [5.74, 6) is -0.358. The van der Waals surface area contributed by atoms with Crippen molar-refractivity contribution in [2.75, 3.05) is 5.32 Å². The van der Waals surface area contributed by atoms with Gasteiger partial charge in [0, 0.05) is 17.1 Å². The lowest BCUT2D eigenvalue weighted by Gasteiger charge is -2.03. The van der Waals surface area contributed by atoms with Crippen LogP contribution in [0.4, 0.5) is 5.82 Å². The Labute approximate surface area is 124 Å². The number of anilines is 1. The van der Waals surface area contributed by atoms with Crippen molar-refractivity contribution in [1.29, 1.82) is 0 Å². The zero-order chi connectivity index (χ0) is 14.7. The predicted octanol–water partition coefficient (Wildman–Crippen LogP) is 3.16. The number of aromatic nitrogens is 2. The molecule has 0 unspecified atom stereocenters. The highest BCUT2D eigenvalue weighted by Gasteiger charge is 2.14. The fraction of sp³-hybridized carbons (Fsp3) is 0. The van der Waals surface area contributed by atoms with Gasteiger partial charge in [-0.3, -0.25) is 4.79 Å². The number of aromatic hydroxyl groups is 1. The Balaban J connectivity index is 1.80. The van der Waals surface area contributed by atoms with Crippen molar-refractivity contribution in [3.8, 4) is 16.3 Å². The first-order chi connectivity index (χ1) is 10.2. The highest BCUT2D eigenvalue weighted by Crippen LogP contribution is 2.24. The second kappa shape index (κ2) is 5.72. The Morgan fingerprint density at radius 1 is 1.14 bits per heavy atom. The van der Waals surface area contributed by atoms with Gasteiger partial charge in [0.2, 0.25) is 0 Å². The summed E-state index contributed by atoms with van der Waals surface area (Å²) in [4.78, 5) is 20.3. The largest absolute Gasteiger partial charge is 0.504 e. The van der Waals surface area contributed by atoms with E-state index in [9.17, 15) is 9.90 Å². The van der Waals surface area contributed by atoms with E-state index in [1.54, 1.807) is 11.4 Å². The van der Waals surface area contributed by atoms with Crippen LogP contribution in [0.1, 0.15) is 10.5 Å². The molecular weight excluding hydrogens is 286 g/mol. The molecule has 0 bridgehead atoms. The molecule has 3 aromatic rings. The lowest BCUT2D eigenvalue weighted by molar-refractivity contribution is 0.102. The van der Waals surface area contributed by atoms with Gasteiger partial charge in [-0.05, 0) is 12.1 Å². The molecule has 1 aromatic carbocycles.